The zero-order valence-electron chi connectivity index (χ0n) is 14.2. The van der Waals surface area contributed by atoms with Gasteiger partial charge in [0.15, 0.2) is 0 Å². The van der Waals surface area contributed by atoms with E-state index in [1.807, 2.05) is 10.9 Å². The zero-order chi connectivity index (χ0) is 18.1. The summed E-state index contributed by atoms with van der Waals surface area (Å²) in [5.41, 5.74) is 6.44. The molecule has 2 N–H and O–H groups in total. The summed E-state index contributed by atoms with van der Waals surface area (Å²) in [7, 11) is 0. The van der Waals surface area contributed by atoms with Crippen LogP contribution in [-0.2, 0) is 11.3 Å². The molecule has 0 radical (unpaired) electrons. The summed E-state index contributed by atoms with van der Waals surface area (Å²) < 4.78 is 7.40. The number of amides is 2. The number of primary amides is 1. The van der Waals surface area contributed by atoms with E-state index in [1.54, 1.807) is 11.0 Å². The van der Waals surface area contributed by atoms with Crippen LogP contribution in [0.5, 0.6) is 0 Å². The molecule has 1 unspecified atom stereocenters. The summed E-state index contributed by atoms with van der Waals surface area (Å²) in [6.07, 6.45) is 5.74. The lowest BCUT2D eigenvalue weighted by molar-refractivity contribution is -0.00396. The Morgan fingerprint density at radius 2 is 2.15 bits per heavy atom. The van der Waals surface area contributed by atoms with Gasteiger partial charge in [-0.05, 0) is 30.9 Å². The van der Waals surface area contributed by atoms with E-state index in [9.17, 15) is 9.59 Å². The molecule has 0 spiro atoms. The number of carbonyl (C=O) groups excluding carboxylic acids is 2. The lowest BCUT2D eigenvalue weighted by Crippen LogP contribution is -2.43. The molecule has 9 heteroatoms. The summed E-state index contributed by atoms with van der Waals surface area (Å²) in [5.74, 6) is -0.112. The molecule has 0 aromatic carbocycles. The van der Waals surface area contributed by atoms with Gasteiger partial charge in [-0.15, -0.1) is 5.10 Å². The van der Waals surface area contributed by atoms with Crippen molar-refractivity contribution in [1.29, 1.82) is 0 Å². The van der Waals surface area contributed by atoms with Gasteiger partial charge in [-0.3, -0.25) is 19.3 Å². The van der Waals surface area contributed by atoms with E-state index in [-0.39, 0.29) is 17.6 Å². The maximum absolute atomic E-state index is 12.9. The van der Waals surface area contributed by atoms with Gasteiger partial charge in [-0.25, -0.2) is 0 Å². The molecule has 4 rings (SSSR count). The quantitative estimate of drug-likeness (QED) is 0.829. The van der Waals surface area contributed by atoms with E-state index >= 15 is 0 Å². The van der Waals surface area contributed by atoms with E-state index in [1.165, 1.54) is 25.1 Å². The van der Waals surface area contributed by atoms with Gasteiger partial charge in [-0.1, -0.05) is 5.21 Å². The Balaban J connectivity index is 1.53. The van der Waals surface area contributed by atoms with Gasteiger partial charge in [0.2, 0.25) is 0 Å². The molecule has 1 saturated carbocycles. The number of carbonyl (C=O) groups is 2. The Bertz CT molecular complexity index is 814. The minimum atomic E-state index is -0.625. The minimum Gasteiger partial charge on any atom is -0.377 e. The molecule has 9 nitrogen and oxygen atoms in total. The number of hydrogen-bond acceptors (Lipinski definition) is 6. The molecule has 0 bridgehead atoms. The largest absolute Gasteiger partial charge is 0.377 e. The van der Waals surface area contributed by atoms with Gasteiger partial charge in [0.25, 0.3) is 11.8 Å². The average molecular weight is 356 g/mol. The molecule has 2 aliphatic rings. The van der Waals surface area contributed by atoms with Crippen molar-refractivity contribution >= 4 is 11.8 Å². The number of nitrogens with zero attached hydrogens (tertiary/aromatic N) is 5. The van der Waals surface area contributed by atoms with Crippen molar-refractivity contribution in [3.8, 4) is 0 Å². The fourth-order valence-electron chi connectivity index (χ4n) is 3.04. The molecular formula is C17H20N6O3. The number of ether oxygens (including phenoxy) is 1. The number of nitrogens with two attached hydrogens (primary N) is 1. The summed E-state index contributed by atoms with van der Waals surface area (Å²) in [4.78, 5) is 29.7. The van der Waals surface area contributed by atoms with Crippen LogP contribution in [0.3, 0.4) is 0 Å². The fourth-order valence-corrected chi connectivity index (χ4v) is 3.04. The molecule has 136 valence electrons. The molecule has 3 heterocycles. The van der Waals surface area contributed by atoms with Gasteiger partial charge in [0.05, 0.1) is 25.0 Å². The molecule has 1 aliphatic carbocycles. The van der Waals surface area contributed by atoms with Crippen molar-refractivity contribution < 1.29 is 14.3 Å². The molecule has 1 atom stereocenters. The lowest BCUT2D eigenvalue weighted by atomic mass is 10.1. The van der Waals surface area contributed by atoms with Crippen molar-refractivity contribution in [2.45, 2.75) is 25.4 Å². The third kappa shape index (κ3) is 3.43. The van der Waals surface area contributed by atoms with Crippen LogP contribution in [0, 0.1) is 5.92 Å². The maximum atomic E-state index is 12.9. The number of rotatable bonds is 5. The van der Waals surface area contributed by atoms with Crippen molar-refractivity contribution in [3.05, 3.63) is 41.5 Å². The highest BCUT2D eigenvalue weighted by molar-refractivity contribution is 5.96. The highest BCUT2D eigenvalue weighted by atomic mass is 16.5. The molecule has 2 amide bonds. The Morgan fingerprint density at radius 1 is 1.31 bits per heavy atom. The predicted octanol–water partition coefficient (Wildman–Crippen LogP) is 0.396. The number of hydrogen-bond donors (Lipinski definition) is 1. The standard InChI is InChI=1S/C17H20N6O3/c18-16(24)13-4-3-12(7-19-13)17(25)23-5-6-26-10-15(23)14-9-22(21-20-14)8-11-1-2-11/h3-4,7,9,11,15H,1-2,5-6,8,10H2,(H2,18,24). The molecule has 2 aromatic heterocycles. The van der Waals surface area contributed by atoms with Gasteiger partial charge in [0.1, 0.15) is 17.4 Å². The van der Waals surface area contributed by atoms with Crippen molar-refractivity contribution in [1.82, 2.24) is 24.9 Å². The Labute approximate surface area is 150 Å². The summed E-state index contributed by atoms with van der Waals surface area (Å²) in [5, 5.41) is 8.43. The van der Waals surface area contributed by atoms with Crippen LogP contribution in [-0.4, -0.2) is 56.5 Å². The topological polar surface area (TPSA) is 116 Å². The second kappa shape index (κ2) is 6.83. The zero-order valence-corrected chi connectivity index (χ0v) is 14.2. The monoisotopic (exact) mass is 356 g/mol. The average Bonchev–Trinajstić information content (AvgIpc) is 3.36. The smallest absolute Gasteiger partial charge is 0.267 e. The summed E-state index contributed by atoms with van der Waals surface area (Å²) in [6.45, 7) is 2.16. The molecule has 26 heavy (non-hydrogen) atoms. The van der Waals surface area contributed by atoms with Crippen molar-refractivity contribution in [2.75, 3.05) is 19.8 Å². The number of morpholine rings is 1. The van der Waals surface area contributed by atoms with E-state index in [0.717, 1.165) is 12.2 Å². The van der Waals surface area contributed by atoms with E-state index < -0.39 is 5.91 Å². The summed E-state index contributed by atoms with van der Waals surface area (Å²) >= 11 is 0. The van der Waals surface area contributed by atoms with Crippen LogP contribution in [0.2, 0.25) is 0 Å². The molecule has 2 aromatic rings. The lowest BCUT2D eigenvalue weighted by Gasteiger charge is -2.34. The predicted molar refractivity (Wildman–Crippen MR) is 90.1 cm³/mol. The van der Waals surface area contributed by atoms with Gasteiger partial charge in [-0.2, -0.15) is 0 Å². The first-order valence-corrected chi connectivity index (χ1v) is 8.66. The third-order valence-electron chi connectivity index (χ3n) is 4.69. The Morgan fingerprint density at radius 3 is 2.85 bits per heavy atom. The van der Waals surface area contributed by atoms with Crippen LogP contribution in [0.15, 0.2) is 24.5 Å². The number of pyridine rings is 1. The minimum absolute atomic E-state index is 0.128. The first kappa shape index (κ1) is 16.6. The Kier molecular flexibility index (Phi) is 4.37. The first-order valence-electron chi connectivity index (χ1n) is 8.66. The number of aromatic nitrogens is 4. The highest BCUT2D eigenvalue weighted by Crippen LogP contribution is 2.31. The van der Waals surface area contributed by atoms with Gasteiger partial charge < -0.3 is 15.4 Å². The third-order valence-corrected chi connectivity index (χ3v) is 4.69. The second-order valence-corrected chi connectivity index (χ2v) is 6.69. The SMILES string of the molecule is NC(=O)c1ccc(C(=O)N2CCOCC2c2cn(CC3CC3)nn2)cn1. The highest BCUT2D eigenvalue weighted by Gasteiger charge is 2.32. The van der Waals surface area contributed by atoms with Crippen molar-refractivity contribution in [3.63, 3.8) is 0 Å². The summed E-state index contributed by atoms with van der Waals surface area (Å²) in [6, 6.07) is 2.73. The maximum Gasteiger partial charge on any atom is 0.267 e. The van der Waals surface area contributed by atoms with Crippen LogP contribution in [0.4, 0.5) is 0 Å². The van der Waals surface area contributed by atoms with Crippen LogP contribution >= 0.6 is 0 Å². The molecular weight excluding hydrogens is 336 g/mol. The molecule has 1 aliphatic heterocycles. The van der Waals surface area contributed by atoms with Crippen molar-refractivity contribution in [2.24, 2.45) is 11.7 Å². The Hall–Kier alpha value is -2.81. The van der Waals surface area contributed by atoms with E-state index in [2.05, 4.69) is 15.3 Å². The van der Waals surface area contributed by atoms with Crippen LogP contribution in [0.1, 0.15) is 45.4 Å². The van der Waals surface area contributed by atoms with E-state index in [4.69, 9.17) is 10.5 Å². The molecule has 2 fully saturated rings. The normalized spacial score (nSPS) is 20.2. The van der Waals surface area contributed by atoms with Gasteiger partial charge >= 0.3 is 0 Å². The van der Waals surface area contributed by atoms with E-state index in [0.29, 0.717) is 31.2 Å². The second-order valence-electron chi connectivity index (χ2n) is 6.69. The molecule has 1 saturated heterocycles. The van der Waals surface area contributed by atoms with Crippen LogP contribution < -0.4 is 5.73 Å². The van der Waals surface area contributed by atoms with Gasteiger partial charge in [0, 0.05) is 19.3 Å². The van der Waals surface area contributed by atoms with Crippen LogP contribution in [0.25, 0.3) is 0 Å². The first-order chi connectivity index (χ1) is 12.6. The fraction of sp³-hybridized carbons (Fsp3) is 0.471.